The molecule has 30 heavy (non-hydrogen) atoms. The molecule has 1 aliphatic heterocycles. The molecule has 1 amide bonds. The molecule has 0 radical (unpaired) electrons. The molecule has 150 valence electrons. The van der Waals surface area contributed by atoms with E-state index in [-0.39, 0.29) is 19.6 Å². The number of allylic oxidation sites excluding steroid dienone is 1. The van der Waals surface area contributed by atoms with Gasteiger partial charge in [-0.2, -0.15) is 10.5 Å². The Morgan fingerprint density at radius 2 is 1.83 bits per heavy atom. The standard InChI is InChI=1S/C24H20BrN3O2/c1-3-12-23(16-26,17-27)24(30-13-4-2)20-14-19(25)10-11-21(20)28(22(24)29)15-18-8-6-5-7-9-18/h3-11,14H,1-2,12-13,15H2. The van der Waals surface area contributed by atoms with E-state index in [2.05, 4.69) is 41.2 Å². The maximum atomic E-state index is 14.0. The zero-order valence-electron chi connectivity index (χ0n) is 16.3. The predicted octanol–water partition coefficient (Wildman–Crippen LogP) is 5.00. The average Bonchev–Trinajstić information content (AvgIpc) is 2.99. The maximum absolute atomic E-state index is 14.0. The van der Waals surface area contributed by atoms with Crippen molar-refractivity contribution in [1.82, 2.24) is 0 Å². The second-order valence-corrected chi connectivity index (χ2v) is 7.86. The van der Waals surface area contributed by atoms with Crippen LogP contribution in [-0.2, 0) is 21.7 Å². The number of anilines is 1. The predicted molar refractivity (Wildman–Crippen MR) is 118 cm³/mol. The molecule has 2 aromatic carbocycles. The molecule has 0 saturated carbocycles. The molecule has 0 N–H and O–H groups in total. The van der Waals surface area contributed by atoms with E-state index in [0.717, 1.165) is 5.56 Å². The number of hydrogen-bond donors (Lipinski definition) is 0. The topological polar surface area (TPSA) is 77.1 Å². The van der Waals surface area contributed by atoms with Gasteiger partial charge >= 0.3 is 0 Å². The molecule has 0 bridgehead atoms. The summed E-state index contributed by atoms with van der Waals surface area (Å²) >= 11 is 3.45. The van der Waals surface area contributed by atoms with E-state index in [0.29, 0.717) is 15.7 Å². The maximum Gasteiger partial charge on any atom is 0.267 e. The van der Waals surface area contributed by atoms with Gasteiger partial charge in [-0.3, -0.25) is 4.79 Å². The van der Waals surface area contributed by atoms with Crippen molar-refractivity contribution in [2.24, 2.45) is 5.41 Å². The van der Waals surface area contributed by atoms with Gasteiger partial charge in [-0.1, -0.05) is 58.4 Å². The van der Waals surface area contributed by atoms with Crippen molar-refractivity contribution in [3.63, 3.8) is 0 Å². The van der Waals surface area contributed by atoms with E-state index >= 15 is 0 Å². The smallest absolute Gasteiger partial charge is 0.267 e. The molecule has 0 aromatic heterocycles. The molecule has 6 heteroatoms. The molecule has 2 aromatic rings. The van der Waals surface area contributed by atoms with Crippen LogP contribution in [0.1, 0.15) is 17.5 Å². The highest BCUT2D eigenvalue weighted by molar-refractivity contribution is 9.10. The summed E-state index contributed by atoms with van der Waals surface area (Å²) in [6.07, 6.45) is 2.93. The zero-order chi connectivity index (χ0) is 21.8. The summed E-state index contributed by atoms with van der Waals surface area (Å²) < 4.78 is 6.79. The van der Waals surface area contributed by atoms with Crippen LogP contribution in [0.5, 0.6) is 0 Å². The number of nitrogens with zero attached hydrogens (tertiary/aromatic N) is 3. The lowest BCUT2D eigenvalue weighted by Crippen LogP contribution is -2.53. The largest absolute Gasteiger partial charge is 0.354 e. The van der Waals surface area contributed by atoms with Gasteiger partial charge in [0.25, 0.3) is 5.91 Å². The lowest BCUT2D eigenvalue weighted by molar-refractivity contribution is -0.153. The highest BCUT2D eigenvalue weighted by Gasteiger charge is 2.65. The summed E-state index contributed by atoms with van der Waals surface area (Å²) in [6, 6.07) is 19.0. The van der Waals surface area contributed by atoms with E-state index in [1.807, 2.05) is 36.4 Å². The Morgan fingerprint density at radius 1 is 1.13 bits per heavy atom. The van der Waals surface area contributed by atoms with Gasteiger partial charge in [0.1, 0.15) is 0 Å². The fourth-order valence-corrected chi connectivity index (χ4v) is 4.22. The lowest BCUT2D eigenvalue weighted by atomic mass is 9.68. The van der Waals surface area contributed by atoms with Crippen molar-refractivity contribution in [2.75, 3.05) is 11.5 Å². The number of halogens is 1. The minimum atomic E-state index is -1.81. The molecule has 5 nitrogen and oxygen atoms in total. The third kappa shape index (κ3) is 3.25. The summed E-state index contributed by atoms with van der Waals surface area (Å²) in [5.74, 6) is -0.453. The lowest BCUT2D eigenvalue weighted by Gasteiger charge is -2.37. The Kier molecular flexibility index (Phi) is 6.22. The number of carbonyl (C=O) groups is 1. The van der Waals surface area contributed by atoms with Crippen LogP contribution in [0.4, 0.5) is 5.69 Å². The number of carbonyl (C=O) groups excluding carboxylic acids is 1. The normalized spacial score (nSPS) is 17.7. The van der Waals surface area contributed by atoms with Crippen LogP contribution in [-0.4, -0.2) is 12.5 Å². The Bertz CT molecular complexity index is 1050. The van der Waals surface area contributed by atoms with Crippen LogP contribution < -0.4 is 4.90 Å². The number of nitriles is 2. The van der Waals surface area contributed by atoms with Crippen molar-refractivity contribution < 1.29 is 9.53 Å². The first-order chi connectivity index (χ1) is 14.5. The zero-order valence-corrected chi connectivity index (χ0v) is 17.9. The highest BCUT2D eigenvalue weighted by atomic mass is 79.9. The fraction of sp³-hybridized carbons (Fsp3) is 0.208. The van der Waals surface area contributed by atoms with Gasteiger partial charge < -0.3 is 9.64 Å². The van der Waals surface area contributed by atoms with Gasteiger partial charge in [0, 0.05) is 16.5 Å². The number of fused-ring (bicyclic) bond motifs is 1. The minimum absolute atomic E-state index is 0.000870. The Hall–Kier alpha value is -3.19. The molecule has 3 rings (SSSR count). The van der Waals surface area contributed by atoms with E-state index < -0.39 is 16.9 Å². The Balaban J connectivity index is 2.29. The first-order valence-electron chi connectivity index (χ1n) is 9.34. The van der Waals surface area contributed by atoms with Gasteiger partial charge in [0.2, 0.25) is 5.60 Å². The number of ether oxygens (including phenoxy) is 1. The number of hydrogen-bond acceptors (Lipinski definition) is 4. The van der Waals surface area contributed by atoms with Gasteiger partial charge in [-0.25, -0.2) is 0 Å². The van der Waals surface area contributed by atoms with Crippen molar-refractivity contribution in [1.29, 1.82) is 10.5 Å². The number of rotatable bonds is 8. The average molecular weight is 462 g/mol. The summed E-state index contributed by atoms with van der Waals surface area (Å²) in [4.78, 5) is 15.5. The van der Waals surface area contributed by atoms with Crippen LogP contribution in [0.3, 0.4) is 0 Å². The van der Waals surface area contributed by atoms with Crippen LogP contribution in [0.2, 0.25) is 0 Å². The monoisotopic (exact) mass is 461 g/mol. The third-order valence-electron chi connectivity index (χ3n) is 5.21. The van der Waals surface area contributed by atoms with E-state index in [9.17, 15) is 15.3 Å². The van der Waals surface area contributed by atoms with E-state index in [1.54, 1.807) is 17.0 Å². The molecule has 1 atom stereocenters. The van der Waals surface area contributed by atoms with Crippen LogP contribution in [0, 0.1) is 28.1 Å². The van der Waals surface area contributed by atoms with Crippen molar-refractivity contribution in [2.45, 2.75) is 18.6 Å². The van der Waals surface area contributed by atoms with Crippen LogP contribution in [0.25, 0.3) is 0 Å². The van der Waals surface area contributed by atoms with Crippen molar-refractivity contribution in [3.05, 3.63) is 89.4 Å². The van der Waals surface area contributed by atoms with Gasteiger partial charge in [-0.05, 0) is 23.8 Å². The van der Waals surface area contributed by atoms with E-state index in [1.165, 1.54) is 12.2 Å². The first-order valence-corrected chi connectivity index (χ1v) is 10.1. The highest BCUT2D eigenvalue weighted by Crippen LogP contribution is 2.55. The third-order valence-corrected chi connectivity index (χ3v) is 5.70. The molecule has 0 aliphatic carbocycles. The molecule has 1 unspecified atom stereocenters. The van der Waals surface area contributed by atoms with Gasteiger partial charge in [0.15, 0.2) is 5.41 Å². The molecule has 0 spiro atoms. The first kappa shape index (κ1) is 21.5. The Morgan fingerprint density at radius 3 is 2.43 bits per heavy atom. The SMILES string of the molecule is C=CCOC1(C(C#N)(C#N)CC=C)C(=O)N(Cc2ccccc2)c2ccc(Br)cc21. The summed E-state index contributed by atoms with van der Waals surface area (Å²) in [5, 5.41) is 20.2. The molecule has 0 saturated heterocycles. The number of amides is 1. The van der Waals surface area contributed by atoms with Crippen molar-refractivity contribution >= 4 is 27.5 Å². The quantitative estimate of drug-likeness (QED) is 0.517. The summed E-state index contributed by atoms with van der Waals surface area (Å²) in [6.45, 7) is 7.66. The van der Waals surface area contributed by atoms with Crippen LogP contribution >= 0.6 is 15.9 Å². The van der Waals surface area contributed by atoms with Crippen LogP contribution in [0.15, 0.2) is 78.3 Å². The molecule has 0 fully saturated rings. The number of benzene rings is 2. The molecular formula is C24H20BrN3O2. The molecule has 1 aliphatic rings. The van der Waals surface area contributed by atoms with Crippen molar-refractivity contribution in [3.8, 4) is 12.1 Å². The summed E-state index contributed by atoms with van der Waals surface area (Å²) in [5.41, 5.74) is -1.61. The second kappa shape index (κ2) is 8.67. The van der Waals surface area contributed by atoms with E-state index in [4.69, 9.17) is 4.74 Å². The fourth-order valence-electron chi connectivity index (χ4n) is 3.86. The van der Waals surface area contributed by atoms with Gasteiger partial charge in [0.05, 0.1) is 31.0 Å². The minimum Gasteiger partial charge on any atom is -0.354 e. The summed E-state index contributed by atoms with van der Waals surface area (Å²) in [7, 11) is 0. The Labute approximate surface area is 184 Å². The molecular weight excluding hydrogens is 442 g/mol. The molecule has 1 heterocycles. The van der Waals surface area contributed by atoms with Gasteiger partial charge in [-0.15, -0.1) is 13.2 Å². The second-order valence-electron chi connectivity index (χ2n) is 6.94.